The number of carboxylic acids is 1. The standard InChI is InChI=1S/C11H17NO4/c1-12(6-7-2-3-7)10(13)8-4-5-9(16-8)11(14)15/h7-9H,2-6H2,1H3,(H,14,15). The second-order valence-corrected chi connectivity index (χ2v) is 4.69. The number of ether oxygens (including phenoxy) is 1. The van der Waals surface area contributed by atoms with Crippen LogP contribution in [-0.2, 0) is 14.3 Å². The number of nitrogens with zero attached hydrogens (tertiary/aromatic N) is 1. The molecule has 0 aromatic heterocycles. The highest BCUT2D eigenvalue weighted by Gasteiger charge is 2.37. The summed E-state index contributed by atoms with van der Waals surface area (Å²) in [5.74, 6) is -0.401. The molecule has 1 amide bonds. The van der Waals surface area contributed by atoms with Gasteiger partial charge in [-0.1, -0.05) is 0 Å². The predicted molar refractivity (Wildman–Crippen MR) is 55.9 cm³/mol. The average Bonchev–Trinajstić information content (AvgIpc) is 2.91. The molecule has 1 aliphatic carbocycles. The van der Waals surface area contributed by atoms with Crippen molar-refractivity contribution in [3.8, 4) is 0 Å². The quantitative estimate of drug-likeness (QED) is 0.759. The van der Waals surface area contributed by atoms with Crippen molar-refractivity contribution in [2.24, 2.45) is 5.92 Å². The number of carbonyl (C=O) groups is 2. The van der Waals surface area contributed by atoms with E-state index < -0.39 is 18.2 Å². The Labute approximate surface area is 94.4 Å². The first-order valence-electron chi connectivity index (χ1n) is 5.71. The molecule has 2 fully saturated rings. The first kappa shape index (κ1) is 11.4. The molecule has 1 aliphatic heterocycles. The normalized spacial score (nSPS) is 29.1. The van der Waals surface area contributed by atoms with Gasteiger partial charge < -0.3 is 14.7 Å². The van der Waals surface area contributed by atoms with E-state index in [0.717, 1.165) is 6.54 Å². The van der Waals surface area contributed by atoms with E-state index in [9.17, 15) is 9.59 Å². The van der Waals surface area contributed by atoms with Crippen molar-refractivity contribution in [2.45, 2.75) is 37.9 Å². The first-order chi connectivity index (χ1) is 7.58. The van der Waals surface area contributed by atoms with Crippen molar-refractivity contribution in [1.82, 2.24) is 4.90 Å². The van der Waals surface area contributed by atoms with Gasteiger partial charge in [0.25, 0.3) is 5.91 Å². The summed E-state index contributed by atoms with van der Waals surface area (Å²) >= 11 is 0. The molecule has 1 heterocycles. The molecule has 5 nitrogen and oxygen atoms in total. The molecule has 1 N–H and O–H groups in total. The van der Waals surface area contributed by atoms with Gasteiger partial charge in [0.05, 0.1) is 0 Å². The van der Waals surface area contributed by atoms with Crippen LogP contribution in [0.2, 0.25) is 0 Å². The number of hydrogen-bond donors (Lipinski definition) is 1. The highest BCUT2D eigenvalue weighted by Crippen LogP contribution is 2.30. The zero-order valence-corrected chi connectivity index (χ0v) is 9.39. The summed E-state index contributed by atoms with van der Waals surface area (Å²) in [6, 6.07) is 0. The van der Waals surface area contributed by atoms with Crippen LogP contribution in [0.1, 0.15) is 25.7 Å². The summed E-state index contributed by atoms with van der Waals surface area (Å²) in [5.41, 5.74) is 0. The minimum absolute atomic E-state index is 0.0735. The Balaban J connectivity index is 1.83. The molecular formula is C11H17NO4. The third kappa shape index (κ3) is 2.52. The van der Waals surface area contributed by atoms with Crippen molar-refractivity contribution in [3.05, 3.63) is 0 Å². The fourth-order valence-electron chi connectivity index (χ4n) is 2.02. The van der Waals surface area contributed by atoms with Crippen LogP contribution in [-0.4, -0.2) is 47.7 Å². The second-order valence-electron chi connectivity index (χ2n) is 4.69. The molecule has 0 spiro atoms. The number of amides is 1. The number of hydrogen-bond acceptors (Lipinski definition) is 3. The van der Waals surface area contributed by atoms with Crippen LogP contribution in [0.4, 0.5) is 0 Å². The summed E-state index contributed by atoms with van der Waals surface area (Å²) in [6.45, 7) is 0.774. The molecule has 16 heavy (non-hydrogen) atoms. The number of carboxylic acid groups (broad SMARTS) is 1. The number of likely N-dealkylation sites (N-methyl/N-ethyl adjacent to an activating group) is 1. The van der Waals surface area contributed by atoms with E-state index in [-0.39, 0.29) is 5.91 Å². The summed E-state index contributed by atoms with van der Waals surface area (Å²) in [5, 5.41) is 8.76. The van der Waals surface area contributed by atoms with Crippen molar-refractivity contribution >= 4 is 11.9 Å². The topological polar surface area (TPSA) is 66.8 Å². The maximum absolute atomic E-state index is 11.9. The van der Waals surface area contributed by atoms with Crippen molar-refractivity contribution < 1.29 is 19.4 Å². The number of aliphatic carboxylic acids is 1. The lowest BCUT2D eigenvalue weighted by atomic mass is 10.2. The molecule has 2 unspecified atom stereocenters. The van der Waals surface area contributed by atoms with E-state index in [0.29, 0.717) is 18.8 Å². The maximum atomic E-state index is 11.9. The molecule has 0 bridgehead atoms. The van der Waals surface area contributed by atoms with Gasteiger partial charge in [0.1, 0.15) is 6.10 Å². The predicted octanol–water partition coefficient (Wildman–Crippen LogP) is 0.487. The summed E-state index contributed by atoms with van der Waals surface area (Å²) in [6.07, 6.45) is 1.99. The summed E-state index contributed by atoms with van der Waals surface area (Å²) in [4.78, 5) is 24.2. The molecule has 2 aliphatic rings. The van der Waals surface area contributed by atoms with Gasteiger partial charge >= 0.3 is 5.97 Å². The smallest absolute Gasteiger partial charge is 0.332 e. The van der Waals surface area contributed by atoms with Gasteiger partial charge in [0.2, 0.25) is 0 Å². The summed E-state index contributed by atoms with van der Waals surface area (Å²) in [7, 11) is 1.76. The lowest BCUT2D eigenvalue weighted by molar-refractivity contribution is -0.154. The van der Waals surface area contributed by atoms with Crippen LogP contribution in [0.3, 0.4) is 0 Å². The van der Waals surface area contributed by atoms with Gasteiger partial charge in [0, 0.05) is 13.6 Å². The highest BCUT2D eigenvalue weighted by molar-refractivity contribution is 5.82. The molecule has 0 aromatic rings. The largest absolute Gasteiger partial charge is 0.479 e. The third-order valence-electron chi connectivity index (χ3n) is 3.18. The molecule has 0 radical (unpaired) electrons. The lowest BCUT2D eigenvalue weighted by Crippen LogP contribution is -2.38. The molecule has 1 saturated carbocycles. The molecule has 0 aromatic carbocycles. The molecule has 2 rings (SSSR count). The zero-order chi connectivity index (χ0) is 11.7. The minimum atomic E-state index is -0.972. The van der Waals surface area contributed by atoms with Crippen molar-refractivity contribution in [3.63, 3.8) is 0 Å². The second kappa shape index (κ2) is 4.41. The van der Waals surface area contributed by atoms with Crippen LogP contribution in [0, 0.1) is 5.92 Å². The maximum Gasteiger partial charge on any atom is 0.332 e. The summed E-state index contributed by atoms with van der Waals surface area (Å²) < 4.78 is 5.22. The molecule has 2 atom stereocenters. The van der Waals surface area contributed by atoms with Gasteiger partial charge in [-0.2, -0.15) is 0 Å². The van der Waals surface area contributed by atoms with Crippen LogP contribution >= 0.6 is 0 Å². The van der Waals surface area contributed by atoms with Gasteiger partial charge in [-0.25, -0.2) is 4.79 Å². The van der Waals surface area contributed by atoms with Crippen LogP contribution < -0.4 is 0 Å². The Kier molecular flexibility index (Phi) is 3.14. The monoisotopic (exact) mass is 227 g/mol. The van der Waals surface area contributed by atoms with E-state index in [2.05, 4.69) is 0 Å². The Morgan fingerprint density at radius 2 is 1.88 bits per heavy atom. The van der Waals surface area contributed by atoms with Crippen LogP contribution in [0.25, 0.3) is 0 Å². The Morgan fingerprint density at radius 1 is 1.25 bits per heavy atom. The highest BCUT2D eigenvalue weighted by atomic mass is 16.5. The molecule has 5 heteroatoms. The first-order valence-corrected chi connectivity index (χ1v) is 5.71. The fourth-order valence-corrected chi connectivity index (χ4v) is 2.02. The van der Waals surface area contributed by atoms with E-state index in [1.165, 1.54) is 12.8 Å². The fraction of sp³-hybridized carbons (Fsp3) is 0.818. The minimum Gasteiger partial charge on any atom is -0.479 e. The third-order valence-corrected chi connectivity index (χ3v) is 3.18. The van der Waals surface area contributed by atoms with E-state index in [1.54, 1.807) is 11.9 Å². The average molecular weight is 227 g/mol. The Bertz CT molecular complexity index is 300. The van der Waals surface area contributed by atoms with E-state index >= 15 is 0 Å². The van der Waals surface area contributed by atoms with Crippen LogP contribution in [0.15, 0.2) is 0 Å². The SMILES string of the molecule is CN(CC1CC1)C(=O)C1CCC(C(=O)O)O1. The molecular weight excluding hydrogens is 210 g/mol. The molecule has 1 saturated heterocycles. The Morgan fingerprint density at radius 3 is 2.38 bits per heavy atom. The number of rotatable bonds is 4. The Hall–Kier alpha value is -1.10. The van der Waals surface area contributed by atoms with Crippen molar-refractivity contribution in [2.75, 3.05) is 13.6 Å². The molecule has 90 valence electrons. The van der Waals surface area contributed by atoms with Gasteiger partial charge in [-0.05, 0) is 31.6 Å². The van der Waals surface area contributed by atoms with E-state index in [4.69, 9.17) is 9.84 Å². The van der Waals surface area contributed by atoms with Gasteiger partial charge in [0.15, 0.2) is 6.10 Å². The zero-order valence-electron chi connectivity index (χ0n) is 9.39. The number of carbonyl (C=O) groups excluding carboxylic acids is 1. The van der Waals surface area contributed by atoms with Gasteiger partial charge in [-0.3, -0.25) is 4.79 Å². The van der Waals surface area contributed by atoms with Crippen molar-refractivity contribution in [1.29, 1.82) is 0 Å². The van der Waals surface area contributed by atoms with Crippen LogP contribution in [0.5, 0.6) is 0 Å². The van der Waals surface area contributed by atoms with Gasteiger partial charge in [-0.15, -0.1) is 0 Å². The lowest BCUT2D eigenvalue weighted by Gasteiger charge is -2.20. The van der Waals surface area contributed by atoms with E-state index in [1.807, 2.05) is 0 Å².